The number of hydrogen-bond acceptors (Lipinski definition) is 4. The average Bonchev–Trinajstić information content (AvgIpc) is 2.89. The fourth-order valence-electron chi connectivity index (χ4n) is 1.72. The molecule has 19 heavy (non-hydrogen) atoms. The molecule has 0 radical (unpaired) electrons. The van der Waals surface area contributed by atoms with Crippen molar-refractivity contribution < 1.29 is 4.52 Å². The highest BCUT2D eigenvalue weighted by molar-refractivity contribution is 9.10. The minimum atomic E-state index is 0.485. The van der Waals surface area contributed by atoms with Crippen molar-refractivity contribution in [2.45, 2.75) is 0 Å². The summed E-state index contributed by atoms with van der Waals surface area (Å²) in [6, 6.07) is 15.1. The molecule has 94 valence electrons. The largest absolute Gasteiger partial charge is 0.399 e. The minimum Gasteiger partial charge on any atom is -0.399 e. The van der Waals surface area contributed by atoms with E-state index in [4.69, 9.17) is 10.3 Å². The van der Waals surface area contributed by atoms with Crippen LogP contribution in [-0.4, -0.2) is 10.1 Å². The first kappa shape index (κ1) is 11.9. The molecule has 0 amide bonds. The summed E-state index contributed by atoms with van der Waals surface area (Å²) in [7, 11) is 0. The number of nitrogen functional groups attached to an aromatic ring is 1. The van der Waals surface area contributed by atoms with Crippen LogP contribution in [0.15, 0.2) is 57.5 Å². The van der Waals surface area contributed by atoms with Crippen molar-refractivity contribution in [3.05, 3.63) is 53.0 Å². The van der Waals surface area contributed by atoms with Crippen LogP contribution in [0.3, 0.4) is 0 Å². The summed E-state index contributed by atoms with van der Waals surface area (Å²) in [5.74, 6) is 1.03. The van der Waals surface area contributed by atoms with E-state index in [9.17, 15) is 0 Å². The topological polar surface area (TPSA) is 64.9 Å². The number of nitrogens with two attached hydrogens (primary N) is 1. The van der Waals surface area contributed by atoms with E-state index in [0.717, 1.165) is 15.6 Å². The van der Waals surface area contributed by atoms with E-state index < -0.39 is 0 Å². The SMILES string of the molecule is Nc1ccc(-c2noc(-c3ccccc3Br)n2)cc1. The zero-order chi connectivity index (χ0) is 13.2. The maximum absolute atomic E-state index is 5.65. The van der Waals surface area contributed by atoms with Crippen molar-refractivity contribution in [3.8, 4) is 22.8 Å². The molecular weight excluding hydrogens is 306 g/mol. The van der Waals surface area contributed by atoms with E-state index in [0.29, 0.717) is 17.4 Å². The van der Waals surface area contributed by atoms with Gasteiger partial charge in [-0.2, -0.15) is 4.98 Å². The number of hydrogen-bond donors (Lipinski definition) is 1. The number of halogens is 1. The van der Waals surface area contributed by atoms with Gasteiger partial charge in [0.2, 0.25) is 5.82 Å². The molecule has 2 N–H and O–H groups in total. The van der Waals surface area contributed by atoms with Gasteiger partial charge in [0, 0.05) is 15.7 Å². The van der Waals surface area contributed by atoms with Crippen molar-refractivity contribution in [1.82, 2.24) is 10.1 Å². The fraction of sp³-hybridized carbons (Fsp3) is 0. The molecule has 0 aliphatic rings. The number of rotatable bonds is 2. The number of nitrogens with zero attached hydrogens (tertiary/aromatic N) is 2. The van der Waals surface area contributed by atoms with Gasteiger partial charge in [0.15, 0.2) is 0 Å². The van der Waals surface area contributed by atoms with E-state index in [1.165, 1.54) is 0 Å². The smallest absolute Gasteiger partial charge is 0.259 e. The molecule has 0 saturated heterocycles. The maximum Gasteiger partial charge on any atom is 0.259 e. The lowest BCUT2D eigenvalue weighted by Crippen LogP contribution is -1.85. The van der Waals surface area contributed by atoms with Crippen LogP contribution in [0, 0.1) is 0 Å². The number of benzene rings is 2. The Kier molecular flexibility index (Phi) is 3.05. The molecule has 2 aromatic carbocycles. The van der Waals surface area contributed by atoms with Gasteiger partial charge in [-0.05, 0) is 52.3 Å². The van der Waals surface area contributed by atoms with Gasteiger partial charge in [-0.1, -0.05) is 17.3 Å². The number of aromatic nitrogens is 2. The predicted octanol–water partition coefficient (Wildman–Crippen LogP) is 3.75. The standard InChI is InChI=1S/C14H10BrN3O/c15-12-4-2-1-3-11(12)14-17-13(18-19-14)9-5-7-10(16)8-6-9/h1-8H,16H2. The summed E-state index contributed by atoms with van der Waals surface area (Å²) in [4.78, 5) is 4.39. The number of anilines is 1. The van der Waals surface area contributed by atoms with Crippen LogP contribution < -0.4 is 5.73 Å². The van der Waals surface area contributed by atoms with Crippen LogP contribution in [0.2, 0.25) is 0 Å². The molecule has 3 aromatic rings. The highest BCUT2D eigenvalue weighted by Crippen LogP contribution is 2.28. The molecule has 0 unspecified atom stereocenters. The van der Waals surface area contributed by atoms with Crippen molar-refractivity contribution in [2.75, 3.05) is 5.73 Å². The van der Waals surface area contributed by atoms with Gasteiger partial charge in [-0.25, -0.2) is 0 Å². The summed E-state index contributed by atoms with van der Waals surface area (Å²) in [5.41, 5.74) is 8.10. The Hall–Kier alpha value is -2.14. The van der Waals surface area contributed by atoms with Crippen LogP contribution in [0.25, 0.3) is 22.8 Å². The highest BCUT2D eigenvalue weighted by atomic mass is 79.9. The molecule has 1 heterocycles. The Bertz CT molecular complexity index is 707. The normalized spacial score (nSPS) is 10.6. The molecule has 0 spiro atoms. The third kappa shape index (κ3) is 2.37. The monoisotopic (exact) mass is 315 g/mol. The third-order valence-electron chi connectivity index (χ3n) is 2.70. The first-order chi connectivity index (χ1) is 9.24. The van der Waals surface area contributed by atoms with Crippen LogP contribution >= 0.6 is 15.9 Å². The van der Waals surface area contributed by atoms with Crippen LogP contribution in [0.1, 0.15) is 0 Å². The Labute approximate surface area is 118 Å². The lowest BCUT2D eigenvalue weighted by molar-refractivity contribution is 0.432. The van der Waals surface area contributed by atoms with Gasteiger partial charge in [0.1, 0.15) is 0 Å². The molecule has 0 aliphatic heterocycles. The second kappa shape index (κ2) is 4.85. The summed E-state index contributed by atoms with van der Waals surface area (Å²) in [5, 5.41) is 3.99. The van der Waals surface area contributed by atoms with Gasteiger partial charge in [-0.3, -0.25) is 0 Å². The van der Waals surface area contributed by atoms with Gasteiger partial charge in [0.05, 0.1) is 5.56 Å². The zero-order valence-corrected chi connectivity index (χ0v) is 11.5. The summed E-state index contributed by atoms with van der Waals surface area (Å²) >= 11 is 3.46. The lowest BCUT2D eigenvalue weighted by Gasteiger charge is -1.96. The first-order valence-corrected chi connectivity index (χ1v) is 6.48. The fourth-order valence-corrected chi connectivity index (χ4v) is 2.17. The second-order valence-electron chi connectivity index (χ2n) is 4.02. The van der Waals surface area contributed by atoms with E-state index in [2.05, 4.69) is 26.1 Å². The molecule has 1 aromatic heterocycles. The molecule has 0 aliphatic carbocycles. The molecule has 5 heteroatoms. The van der Waals surface area contributed by atoms with Gasteiger partial charge in [-0.15, -0.1) is 0 Å². The molecule has 0 fully saturated rings. The second-order valence-corrected chi connectivity index (χ2v) is 4.88. The highest BCUT2D eigenvalue weighted by Gasteiger charge is 2.12. The van der Waals surface area contributed by atoms with E-state index in [-0.39, 0.29) is 0 Å². The Balaban J connectivity index is 2.00. The Morgan fingerprint density at radius 2 is 1.74 bits per heavy atom. The molecule has 0 bridgehead atoms. The molecule has 3 rings (SSSR count). The first-order valence-electron chi connectivity index (χ1n) is 5.68. The van der Waals surface area contributed by atoms with Gasteiger partial charge in [0.25, 0.3) is 5.89 Å². The third-order valence-corrected chi connectivity index (χ3v) is 3.39. The predicted molar refractivity (Wildman–Crippen MR) is 77.3 cm³/mol. The summed E-state index contributed by atoms with van der Waals surface area (Å²) < 4.78 is 6.21. The van der Waals surface area contributed by atoms with E-state index >= 15 is 0 Å². The molecule has 0 saturated carbocycles. The van der Waals surface area contributed by atoms with Crippen molar-refractivity contribution in [3.63, 3.8) is 0 Å². The minimum absolute atomic E-state index is 0.485. The quantitative estimate of drug-likeness (QED) is 0.731. The summed E-state index contributed by atoms with van der Waals surface area (Å²) in [6.07, 6.45) is 0. The Morgan fingerprint density at radius 1 is 1.00 bits per heavy atom. The van der Waals surface area contributed by atoms with E-state index in [1.54, 1.807) is 0 Å². The van der Waals surface area contributed by atoms with Crippen molar-refractivity contribution in [2.24, 2.45) is 0 Å². The average molecular weight is 316 g/mol. The van der Waals surface area contributed by atoms with Crippen LogP contribution in [0.5, 0.6) is 0 Å². The van der Waals surface area contributed by atoms with Gasteiger partial charge >= 0.3 is 0 Å². The molecule has 0 atom stereocenters. The lowest BCUT2D eigenvalue weighted by atomic mass is 10.2. The molecular formula is C14H10BrN3O. The summed E-state index contributed by atoms with van der Waals surface area (Å²) in [6.45, 7) is 0. The zero-order valence-electron chi connectivity index (χ0n) is 9.88. The maximum atomic E-state index is 5.65. The molecule has 4 nitrogen and oxygen atoms in total. The van der Waals surface area contributed by atoms with Crippen LogP contribution in [-0.2, 0) is 0 Å². The Morgan fingerprint density at radius 3 is 2.47 bits per heavy atom. The van der Waals surface area contributed by atoms with Crippen molar-refractivity contribution >= 4 is 21.6 Å². The van der Waals surface area contributed by atoms with Gasteiger partial charge < -0.3 is 10.3 Å². The van der Waals surface area contributed by atoms with Crippen molar-refractivity contribution in [1.29, 1.82) is 0 Å². The van der Waals surface area contributed by atoms with Crippen LogP contribution in [0.4, 0.5) is 5.69 Å². The van der Waals surface area contributed by atoms with E-state index in [1.807, 2.05) is 48.5 Å².